The van der Waals surface area contributed by atoms with Crippen molar-refractivity contribution in [3.05, 3.63) is 21.4 Å². The number of hydrogen-bond donors (Lipinski definition) is 1. The maximum atomic E-state index is 12.6. The van der Waals surface area contributed by atoms with Gasteiger partial charge in [0, 0.05) is 17.5 Å². The first kappa shape index (κ1) is 15.0. The van der Waals surface area contributed by atoms with Crippen LogP contribution < -0.4 is 5.73 Å². The summed E-state index contributed by atoms with van der Waals surface area (Å²) in [5, 5.41) is 0. The first-order valence-electron chi connectivity index (χ1n) is 7.13. The zero-order valence-corrected chi connectivity index (χ0v) is 13.1. The Labute approximate surface area is 124 Å². The molecule has 110 valence electrons. The molecule has 4 nitrogen and oxygen atoms in total. The molecular formula is C15H22N2O2S. The van der Waals surface area contributed by atoms with Crippen molar-refractivity contribution >= 4 is 23.2 Å². The standard InChI is InChI=1S/C15H22N2O2S/c1-4-11-7-13(20-10(11)3)15(19)17-8-12(14(16)18)6-5-9(17)2/h7,9,12H,4-6,8H2,1-3H3,(H2,16,18)/t9-,12+/m1/s1. The highest BCUT2D eigenvalue weighted by molar-refractivity contribution is 7.14. The van der Waals surface area contributed by atoms with Gasteiger partial charge >= 0.3 is 0 Å². The molecule has 0 bridgehead atoms. The fourth-order valence-corrected chi connectivity index (χ4v) is 3.81. The number of rotatable bonds is 3. The van der Waals surface area contributed by atoms with Crippen LogP contribution >= 0.6 is 11.3 Å². The number of carbonyl (C=O) groups excluding carboxylic acids is 2. The molecule has 1 aliphatic rings. The highest BCUT2D eigenvalue weighted by Gasteiger charge is 2.32. The predicted octanol–water partition coefficient (Wildman–Crippen LogP) is 2.34. The third-order valence-corrected chi connectivity index (χ3v) is 5.24. The van der Waals surface area contributed by atoms with Gasteiger partial charge in [-0.25, -0.2) is 0 Å². The van der Waals surface area contributed by atoms with E-state index in [-0.39, 0.29) is 23.8 Å². The number of aryl methyl sites for hydroxylation is 2. The monoisotopic (exact) mass is 294 g/mol. The molecule has 5 heteroatoms. The lowest BCUT2D eigenvalue weighted by Gasteiger charge is -2.36. The summed E-state index contributed by atoms with van der Waals surface area (Å²) in [6, 6.07) is 2.16. The average Bonchev–Trinajstić information content (AvgIpc) is 2.79. The van der Waals surface area contributed by atoms with Crippen molar-refractivity contribution in [2.75, 3.05) is 6.54 Å². The molecule has 2 N–H and O–H groups in total. The summed E-state index contributed by atoms with van der Waals surface area (Å²) in [5.41, 5.74) is 6.62. The van der Waals surface area contributed by atoms with Crippen molar-refractivity contribution < 1.29 is 9.59 Å². The molecule has 2 atom stereocenters. The molecule has 0 radical (unpaired) electrons. The van der Waals surface area contributed by atoms with E-state index in [1.165, 1.54) is 10.4 Å². The van der Waals surface area contributed by atoms with Crippen LogP contribution in [0.15, 0.2) is 6.07 Å². The lowest BCUT2D eigenvalue weighted by atomic mass is 9.93. The van der Waals surface area contributed by atoms with Gasteiger partial charge < -0.3 is 10.6 Å². The van der Waals surface area contributed by atoms with E-state index in [2.05, 4.69) is 6.92 Å². The quantitative estimate of drug-likeness (QED) is 0.930. The first-order valence-corrected chi connectivity index (χ1v) is 7.95. The highest BCUT2D eigenvalue weighted by Crippen LogP contribution is 2.28. The Hall–Kier alpha value is -1.36. The van der Waals surface area contributed by atoms with Crippen LogP contribution in [0.25, 0.3) is 0 Å². The zero-order chi connectivity index (χ0) is 14.9. The van der Waals surface area contributed by atoms with Crippen LogP contribution in [0, 0.1) is 12.8 Å². The third-order valence-electron chi connectivity index (χ3n) is 4.16. The molecule has 0 aliphatic carbocycles. The maximum Gasteiger partial charge on any atom is 0.264 e. The minimum Gasteiger partial charge on any atom is -0.369 e. The number of nitrogens with zero attached hydrogens (tertiary/aromatic N) is 1. The number of amides is 2. The summed E-state index contributed by atoms with van der Waals surface area (Å²) in [4.78, 5) is 27.8. The lowest BCUT2D eigenvalue weighted by Crippen LogP contribution is -2.48. The minimum atomic E-state index is -0.300. The number of nitrogens with two attached hydrogens (primary N) is 1. The van der Waals surface area contributed by atoms with Crippen molar-refractivity contribution in [1.29, 1.82) is 0 Å². The summed E-state index contributed by atoms with van der Waals surface area (Å²) in [5.74, 6) is -0.468. The van der Waals surface area contributed by atoms with Gasteiger partial charge in [-0.05, 0) is 44.7 Å². The summed E-state index contributed by atoms with van der Waals surface area (Å²) in [6.45, 7) is 6.63. The van der Waals surface area contributed by atoms with Crippen LogP contribution in [0.3, 0.4) is 0 Å². The number of hydrogen-bond acceptors (Lipinski definition) is 3. The second-order valence-electron chi connectivity index (χ2n) is 5.53. The van der Waals surface area contributed by atoms with Crippen molar-refractivity contribution in [2.45, 2.75) is 46.1 Å². The fraction of sp³-hybridized carbons (Fsp3) is 0.600. The Kier molecular flexibility index (Phi) is 4.48. The van der Waals surface area contributed by atoms with Gasteiger partial charge in [-0.15, -0.1) is 11.3 Å². The normalized spacial score (nSPS) is 22.9. The molecule has 0 unspecified atom stereocenters. The van der Waals surface area contributed by atoms with Crippen molar-refractivity contribution in [1.82, 2.24) is 4.90 Å². The Morgan fingerprint density at radius 3 is 2.70 bits per heavy atom. The van der Waals surface area contributed by atoms with Crippen LogP contribution in [0.5, 0.6) is 0 Å². The van der Waals surface area contributed by atoms with Gasteiger partial charge in [0.2, 0.25) is 5.91 Å². The van der Waals surface area contributed by atoms with E-state index in [9.17, 15) is 9.59 Å². The van der Waals surface area contributed by atoms with E-state index in [0.717, 1.165) is 24.1 Å². The largest absolute Gasteiger partial charge is 0.369 e. The predicted molar refractivity (Wildman–Crippen MR) is 80.9 cm³/mol. The van der Waals surface area contributed by atoms with E-state index in [1.807, 2.05) is 24.8 Å². The molecule has 1 aromatic heterocycles. The molecule has 0 saturated carbocycles. The molecule has 2 rings (SSSR count). The lowest BCUT2D eigenvalue weighted by molar-refractivity contribution is -0.123. The number of primary amides is 1. The smallest absolute Gasteiger partial charge is 0.264 e. The Balaban J connectivity index is 2.19. The van der Waals surface area contributed by atoms with E-state index >= 15 is 0 Å². The third kappa shape index (κ3) is 2.87. The second-order valence-corrected chi connectivity index (χ2v) is 6.79. The van der Waals surface area contributed by atoms with Gasteiger partial charge in [0.1, 0.15) is 0 Å². The zero-order valence-electron chi connectivity index (χ0n) is 12.3. The number of thiophene rings is 1. The second kappa shape index (κ2) is 5.95. The van der Waals surface area contributed by atoms with Crippen LogP contribution in [0.4, 0.5) is 0 Å². The van der Waals surface area contributed by atoms with Gasteiger partial charge in [0.05, 0.1) is 10.8 Å². The van der Waals surface area contributed by atoms with E-state index in [1.54, 1.807) is 11.3 Å². The summed E-state index contributed by atoms with van der Waals surface area (Å²) >= 11 is 1.54. The molecule has 1 aromatic rings. The van der Waals surface area contributed by atoms with Crippen LogP contribution in [0.1, 0.15) is 46.8 Å². The average molecular weight is 294 g/mol. The highest BCUT2D eigenvalue weighted by atomic mass is 32.1. The molecule has 2 amide bonds. The minimum absolute atomic E-state index is 0.0382. The summed E-state index contributed by atoms with van der Waals surface area (Å²) in [6.07, 6.45) is 2.56. The molecule has 1 aliphatic heterocycles. The summed E-state index contributed by atoms with van der Waals surface area (Å²) in [7, 11) is 0. The van der Waals surface area contributed by atoms with Crippen LogP contribution in [-0.2, 0) is 11.2 Å². The molecule has 20 heavy (non-hydrogen) atoms. The van der Waals surface area contributed by atoms with Crippen molar-refractivity contribution in [3.63, 3.8) is 0 Å². The summed E-state index contributed by atoms with van der Waals surface area (Å²) < 4.78 is 0. The van der Waals surface area contributed by atoms with Gasteiger partial charge in [0.25, 0.3) is 5.91 Å². The Morgan fingerprint density at radius 1 is 1.45 bits per heavy atom. The van der Waals surface area contributed by atoms with Gasteiger partial charge in [-0.1, -0.05) is 6.92 Å². The molecule has 0 aromatic carbocycles. The topological polar surface area (TPSA) is 63.4 Å². The van der Waals surface area contributed by atoms with Crippen molar-refractivity contribution in [3.8, 4) is 0 Å². The first-order chi connectivity index (χ1) is 9.43. The van der Waals surface area contributed by atoms with Crippen molar-refractivity contribution in [2.24, 2.45) is 11.7 Å². The number of piperidine rings is 1. The van der Waals surface area contributed by atoms with Crippen LogP contribution in [-0.4, -0.2) is 29.3 Å². The van der Waals surface area contributed by atoms with Gasteiger partial charge in [-0.2, -0.15) is 0 Å². The molecule has 1 fully saturated rings. The Bertz CT molecular complexity index is 524. The Morgan fingerprint density at radius 2 is 2.15 bits per heavy atom. The molecule has 1 saturated heterocycles. The van der Waals surface area contributed by atoms with E-state index in [0.29, 0.717) is 6.54 Å². The fourth-order valence-electron chi connectivity index (χ4n) is 2.74. The SMILES string of the molecule is CCc1cc(C(=O)N2C[C@@H](C(N)=O)CC[C@H]2C)sc1C. The van der Waals surface area contributed by atoms with Gasteiger partial charge in [0.15, 0.2) is 0 Å². The number of carbonyl (C=O) groups is 2. The van der Waals surface area contributed by atoms with E-state index in [4.69, 9.17) is 5.73 Å². The van der Waals surface area contributed by atoms with E-state index < -0.39 is 0 Å². The van der Waals surface area contributed by atoms with Gasteiger partial charge in [-0.3, -0.25) is 9.59 Å². The molecular weight excluding hydrogens is 272 g/mol. The molecule has 2 heterocycles. The molecule has 0 spiro atoms. The maximum absolute atomic E-state index is 12.6. The van der Waals surface area contributed by atoms with Crippen LogP contribution in [0.2, 0.25) is 0 Å². The number of likely N-dealkylation sites (tertiary alicyclic amines) is 1.